The van der Waals surface area contributed by atoms with Gasteiger partial charge in [-0.15, -0.1) is 0 Å². The number of hydrogen-bond acceptors (Lipinski definition) is 2. The van der Waals surface area contributed by atoms with E-state index in [4.69, 9.17) is 4.74 Å². The van der Waals surface area contributed by atoms with Crippen molar-refractivity contribution in [2.75, 3.05) is 26.8 Å². The van der Waals surface area contributed by atoms with Crippen molar-refractivity contribution in [3.8, 4) is 0 Å². The Morgan fingerprint density at radius 3 is 3.17 bits per heavy atom. The van der Waals surface area contributed by atoms with Gasteiger partial charge in [-0.2, -0.15) is 0 Å². The number of ether oxygens (including phenoxy) is 1. The molecule has 0 unspecified atom stereocenters. The average Bonchev–Trinajstić information content (AvgIpc) is 2.55. The maximum absolute atomic E-state index is 13.6. The topological polar surface area (TPSA) is 12.5 Å². The Kier molecular flexibility index (Phi) is 2.09. The van der Waals surface area contributed by atoms with Crippen molar-refractivity contribution in [2.45, 2.75) is 31.0 Å². The van der Waals surface area contributed by atoms with Crippen LogP contribution in [0.2, 0.25) is 0 Å². The molecule has 2 nitrogen and oxygen atoms in total. The molecule has 2 fully saturated rings. The lowest BCUT2D eigenvalue weighted by Crippen LogP contribution is -2.48. The van der Waals surface area contributed by atoms with Crippen LogP contribution in [0, 0.1) is 0 Å². The van der Waals surface area contributed by atoms with Crippen LogP contribution in [0.5, 0.6) is 0 Å². The molecular formula is C9H16FNO. The van der Waals surface area contributed by atoms with Crippen LogP contribution in [-0.4, -0.2) is 43.4 Å². The molecule has 3 heteroatoms. The normalized spacial score (nSPS) is 42.0. The first-order chi connectivity index (χ1) is 5.79. The summed E-state index contributed by atoms with van der Waals surface area (Å²) >= 11 is 0. The molecule has 2 atom stereocenters. The van der Waals surface area contributed by atoms with E-state index in [-0.39, 0.29) is 5.54 Å². The van der Waals surface area contributed by atoms with Crippen molar-refractivity contribution in [2.24, 2.45) is 0 Å². The highest BCUT2D eigenvalue weighted by atomic mass is 19.1. The summed E-state index contributed by atoms with van der Waals surface area (Å²) in [5.41, 5.74) is -0.241. The molecule has 0 N–H and O–H groups in total. The lowest BCUT2D eigenvalue weighted by molar-refractivity contribution is 0.0260. The Morgan fingerprint density at radius 2 is 2.42 bits per heavy atom. The number of halogens is 1. The van der Waals surface area contributed by atoms with Gasteiger partial charge in [0.25, 0.3) is 0 Å². The van der Waals surface area contributed by atoms with Crippen LogP contribution in [0.25, 0.3) is 0 Å². The number of nitrogens with zero attached hydrogens (tertiary/aromatic N) is 1. The van der Waals surface area contributed by atoms with Gasteiger partial charge in [-0.25, -0.2) is 4.39 Å². The quantitative estimate of drug-likeness (QED) is 0.622. The number of hydrogen-bond donors (Lipinski definition) is 0. The molecule has 0 spiro atoms. The van der Waals surface area contributed by atoms with Crippen LogP contribution in [0.3, 0.4) is 0 Å². The van der Waals surface area contributed by atoms with Crippen molar-refractivity contribution in [3.63, 3.8) is 0 Å². The second-order valence-electron chi connectivity index (χ2n) is 3.88. The first-order valence-corrected chi connectivity index (χ1v) is 4.68. The number of methoxy groups -OCH3 is 1. The third-order valence-electron chi connectivity index (χ3n) is 3.30. The molecule has 2 aliphatic rings. The van der Waals surface area contributed by atoms with Crippen molar-refractivity contribution < 1.29 is 9.13 Å². The van der Waals surface area contributed by atoms with Crippen molar-refractivity contribution >= 4 is 0 Å². The Bertz CT molecular complexity index is 176. The van der Waals surface area contributed by atoms with Gasteiger partial charge < -0.3 is 4.74 Å². The first kappa shape index (κ1) is 8.45. The van der Waals surface area contributed by atoms with Gasteiger partial charge >= 0.3 is 0 Å². The van der Waals surface area contributed by atoms with Crippen molar-refractivity contribution in [1.82, 2.24) is 4.90 Å². The third-order valence-corrected chi connectivity index (χ3v) is 3.30. The molecule has 12 heavy (non-hydrogen) atoms. The highest BCUT2D eigenvalue weighted by molar-refractivity contribution is 5.06. The smallest absolute Gasteiger partial charge is 0.122 e. The van der Waals surface area contributed by atoms with Gasteiger partial charge in [-0.1, -0.05) is 0 Å². The zero-order chi connectivity index (χ0) is 8.60. The second kappa shape index (κ2) is 2.96. The number of fused-ring (bicyclic) bond motifs is 1. The zero-order valence-corrected chi connectivity index (χ0v) is 7.55. The van der Waals surface area contributed by atoms with Crippen LogP contribution in [0.4, 0.5) is 4.39 Å². The minimum Gasteiger partial charge on any atom is -0.383 e. The Morgan fingerprint density at radius 1 is 1.58 bits per heavy atom. The number of alkyl halides is 1. The van der Waals surface area contributed by atoms with Crippen molar-refractivity contribution in [3.05, 3.63) is 0 Å². The van der Waals surface area contributed by atoms with Gasteiger partial charge in [0.1, 0.15) is 6.17 Å². The largest absolute Gasteiger partial charge is 0.383 e. The molecule has 2 aliphatic heterocycles. The second-order valence-corrected chi connectivity index (χ2v) is 3.88. The fourth-order valence-electron chi connectivity index (χ4n) is 2.69. The maximum atomic E-state index is 13.6. The van der Waals surface area contributed by atoms with E-state index in [1.807, 2.05) is 0 Å². The van der Waals surface area contributed by atoms with Gasteiger partial charge in [0, 0.05) is 13.7 Å². The van der Waals surface area contributed by atoms with Gasteiger partial charge in [0.2, 0.25) is 0 Å². The molecule has 0 aliphatic carbocycles. The van der Waals surface area contributed by atoms with Gasteiger partial charge in [0.15, 0.2) is 0 Å². The lowest BCUT2D eigenvalue weighted by Gasteiger charge is -2.32. The molecule has 0 aromatic carbocycles. The fraction of sp³-hybridized carbons (Fsp3) is 1.00. The molecule has 2 heterocycles. The summed E-state index contributed by atoms with van der Waals surface area (Å²) < 4.78 is 18.7. The Balaban J connectivity index is 2.15. The van der Waals surface area contributed by atoms with E-state index in [0.29, 0.717) is 13.0 Å². The van der Waals surface area contributed by atoms with E-state index >= 15 is 0 Å². The fourth-order valence-corrected chi connectivity index (χ4v) is 2.69. The molecule has 70 valence electrons. The summed E-state index contributed by atoms with van der Waals surface area (Å²) in [6, 6.07) is 0. The summed E-state index contributed by atoms with van der Waals surface area (Å²) in [4.78, 5) is 2.27. The van der Waals surface area contributed by atoms with Gasteiger partial charge in [-0.3, -0.25) is 4.90 Å². The van der Waals surface area contributed by atoms with Crippen molar-refractivity contribution in [1.29, 1.82) is 0 Å². The standard InChI is InChI=1S/C9H16FNO/c1-12-7-9-4-2-5-11(9)6-3-8(9)10/h8H,2-7H2,1H3/t8-,9+/m1/s1. The Labute approximate surface area is 72.7 Å². The number of rotatable bonds is 2. The van der Waals surface area contributed by atoms with Crippen LogP contribution < -0.4 is 0 Å². The molecule has 0 aromatic rings. The molecule has 2 saturated heterocycles. The van der Waals surface area contributed by atoms with Crippen LogP contribution in [-0.2, 0) is 4.74 Å². The first-order valence-electron chi connectivity index (χ1n) is 4.68. The van der Waals surface area contributed by atoms with E-state index in [9.17, 15) is 4.39 Å². The highest BCUT2D eigenvalue weighted by Crippen LogP contribution is 2.40. The SMILES string of the molecule is COC[C@]12CCCN1CC[C@H]2F. The van der Waals surface area contributed by atoms with Crippen LogP contribution >= 0.6 is 0 Å². The van der Waals surface area contributed by atoms with E-state index in [2.05, 4.69) is 4.90 Å². The molecular weight excluding hydrogens is 157 g/mol. The zero-order valence-electron chi connectivity index (χ0n) is 7.55. The average molecular weight is 173 g/mol. The molecule has 0 amide bonds. The summed E-state index contributed by atoms with van der Waals surface area (Å²) in [5, 5.41) is 0. The third kappa shape index (κ3) is 0.995. The summed E-state index contributed by atoms with van der Waals surface area (Å²) in [6.07, 6.45) is 2.13. The predicted octanol–water partition coefficient (Wildman–Crippen LogP) is 1.21. The van der Waals surface area contributed by atoms with Gasteiger partial charge in [-0.05, 0) is 25.8 Å². The summed E-state index contributed by atoms with van der Waals surface area (Å²) in [6.45, 7) is 2.54. The lowest BCUT2D eigenvalue weighted by atomic mass is 9.93. The molecule has 0 saturated carbocycles. The molecule has 0 bridgehead atoms. The van der Waals surface area contributed by atoms with E-state index < -0.39 is 6.17 Å². The minimum atomic E-state index is -0.667. The van der Waals surface area contributed by atoms with Crippen LogP contribution in [0.1, 0.15) is 19.3 Å². The van der Waals surface area contributed by atoms with Crippen LogP contribution in [0.15, 0.2) is 0 Å². The molecule has 2 rings (SSSR count). The maximum Gasteiger partial charge on any atom is 0.122 e. The van der Waals surface area contributed by atoms with E-state index in [0.717, 1.165) is 25.9 Å². The monoisotopic (exact) mass is 173 g/mol. The van der Waals surface area contributed by atoms with Gasteiger partial charge in [0.05, 0.1) is 12.1 Å². The molecule has 0 radical (unpaired) electrons. The minimum absolute atomic E-state index is 0.241. The van der Waals surface area contributed by atoms with E-state index in [1.165, 1.54) is 0 Å². The highest BCUT2D eigenvalue weighted by Gasteiger charge is 2.51. The molecule has 0 aromatic heterocycles. The van der Waals surface area contributed by atoms with E-state index in [1.54, 1.807) is 7.11 Å². The predicted molar refractivity (Wildman–Crippen MR) is 44.9 cm³/mol. The Hall–Kier alpha value is -0.150. The summed E-state index contributed by atoms with van der Waals surface area (Å²) in [5.74, 6) is 0. The summed E-state index contributed by atoms with van der Waals surface area (Å²) in [7, 11) is 1.66.